The third-order valence-corrected chi connectivity index (χ3v) is 7.60. The van der Waals surface area contributed by atoms with E-state index in [9.17, 15) is 34.8 Å². The molecule has 1 aromatic rings. The second-order valence-corrected chi connectivity index (χ2v) is 10.2. The van der Waals surface area contributed by atoms with Crippen molar-refractivity contribution in [1.29, 1.82) is 0 Å². The van der Waals surface area contributed by atoms with Crippen molar-refractivity contribution in [3.05, 3.63) is 45.2 Å². The van der Waals surface area contributed by atoms with Crippen molar-refractivity contribution in [3.63, 3.8) is 0 Å². The number of unbranched alkanes of at least 4 members (excludes halogenated alkanes) is 2. The van der Waals surface area contributed by atoms with Gasteiger partial charge in [-0.2, -0.15) is 0 Å². The number of hydrogen-bond donors (Lipinski definition) is 5. The number of rotatable bonds is 4. The summed E-state index contributed by atoms with van der Waals surface area (Å²) in [6.07, 6.45) is 2.61. The fourth-order valence-electron chi connectivity index (χ4n) is 5.75. The number of fused-ring (bicyclic) bond motifs is 3. The Morgan fingerprint density at radius 2 is 1.92 bits per heavy atom. The molecule has 36 heavy (non-hydrogen) atoms. The van der Waals surface area contributed by atoms with Gasteiger partial charge in [-0.05, 0) is 48.3 Å². The number of aliphatic hydroxyl groups is 3. The zero-order valence-electron chi connectivity index (χ0n) is 20.6. The van der Waals surface area contributed by atoms with Gasteiger partial charge in [-0.3, -0.25) is 14.4 Å². The lowest BCUT2D eigenvalue weighted by atomic mass is 9.59. The largest absolute Gasteiger partial charge is 0.508 e. The van der Waals surface area contributed by atoms with Gasteiger partial charge in [0.05, 0.1) is 11.1 Å². The maximum Gasteiger partial charge on any atom is 0.255 e. The number of nitrogens with two attached hydrogens (primary N) is 1. The summed E-state index contributed by atoms with van der Waals surface area (Å²) in [7, 11) is 0. The van der Waals surface area contributed by atoms with Crippen molar-refractivity contribution < 1.29 is 34.8 Å². The Kier molecular flexibility index (Phi) is 6.48. The van der Waals surface area contributed by atoms with E-state index in [1.165, 1.54) is 0 Å². The van der Waals surface area contributed by atoms with Gasteiger partial charge < -0.3 is 26.2 Å². The lowest BCUT2D eigenvalue weighted by Gasteiger charge is -2.46. The number of benzene rings is 1. The SMILES string of the molecule is CCCCC#Cc1cc(C(C)C)c2c(c1O)C(O)=C1C(=O)[C@]3(O)C(O)=C(C(N)=O)C(=O)C[C@@H]3C[C@@H]1C2. The van der Waals surface area contributed by atoms with Crippen molar-refractivity contribution in [2.45, 2.75) is 70.8 Å². The molecule has 3 aliphatic carbocycles. The summed E-state index contributed by atoms with van der Waals surface area (Å²) in [5.41, 5.74) is 3.70. The summed E-state index contributed by atoms with van der Waals surface area (Å²) in [6.45, 7) is 6.02. The number of carbonyl (C=O) groups excluding carboxylic acids is 3. The molecule has 1 fully saturated rings. The Bertz CT molecular complexity index is 1310. The molecule has 0 spiro atoms. The number of ketones is 2. The first-order chi connectivity index (χ1) is 16.9. The highest BCUT2D eigenvalue weighted by molar-refractivity contribution is 6.22. The van der Waals surface area contributed by atoms with Crippen LogP contribution in [-0.4, -0.2) is 43.5 Å². The Morgan fingerprint density at radius 3 is 2.53 bits per heavy atom. The van der Waals surface area contributed by atoms with E-state index in [1.807, 2.05) is 19.9 Å². The third-order valence-electron chi connectivity index (χ3n) is 7.60. The van der Waals surface area contributed by atoms with Crippen LogP contribution in [0.2, 0.25) is 0 Å². The predicted octanol–water partition coefficient (Wildman–Crippen LogP) is 3.09. The first-order valence-electron chi connectivity index (χ1n) is 12.3. The normalized spacial score (nSPS) is 25.2. The molecule has 1 aromatic carbocycles. The molecular formula is C28H31NO7. The fourth-order valence-corrected chi connectivity index (χ4v) is 5.75. The Labute approximate surface area is 209 Å². The zero-order valence-corrected chi connectivity index (χ0v) is 20.6. The van der Waals surface area contributed by atoms with E-state index in [2.05, 4.69) is 18.8 Å². The summed E-state index contributed by atoms with van der Waals surface area (Å²) in [4.78, 5) is 37.9. The van der Waals surface area contributed by atoms with Gasteiger partial charge in [0, 0.05) is 24.3 Å². The van der Waals surface area contributed by atoms with Crippen molar-refractivity contribution in [2.75, 3.05) is 0 Å². The van der Waals surface area contributed by atoms with Crippen LogP contribution in [0.3, 0.4) is 0 Å². The molecule has 8 heteroatoms. The van der Waals surface area contributed by atoms with Gasteiger partial charge in [0.1, 0.15) is 22.8 Å². The number of hydrogen-bond acceptors (Lipinski definition) is 7. The van der Waals surface area contributed by atoms with E-state index in [0.29, 0.717) is 24.0 Å². The van der Waals surface area contributed by atoms with Gasteiger partial charge in [0.2, 0.25) is 5.78 Å². The summed E-state index contributed by atoms with van der Waals surface area (Å²) in [5.74, 6) is -0.277. The molecule has 3 atom stereocenters. The Balaban J connectivity index is 1.92. The molecule has 8 nitrogen and oxygen atoms in total. The van der Waals surface area contributed by atoms with E-state index in [0.717, 1.165) is 18.4 Å². The van der Waals surface area contributed by atoms with Crippen LogP contribution in [0.4, 0.5) is 0 Å². The van der Waals surface area contributed by atoms with E-state index in [4.69, 9.17) is 5.73 Å². The van der Waals surface area contributed by atoms with E-state index in [-0.39, 0.29) is 35.6 Å². The Morgan fingerprint density at radius 1 is 1.22 bits per heavy atom. The van der Waals surface area contributed by atoms with Crippen LogP contribution in [0.25, 0.3) is 5.76 Å². The highest BCUT2D eigenvalue weighted by Gasteiger charge is 2.60. The zero-order chi connectivity index (χ0) is 26.5. The highest BCUT2D eigenvalue weighted by Crippen LogP contribution is 2.53. The molecule has 0 heterocycles. The molecule has 0 saturated heterocycles. The van der Waals surface area contributed by atoms with Crippen LogP contribution < -0.4 is 5.73 Å². The maximum absolute atomic E-state index is 13.6. The summed E-state index contributed by atoms with van der Waals surface area (Å²) in [5, 5.41) is 44.5. The lowest BCUT2D eigenvalue weighted by Crippen LogP contribution is -2.58. The van der Waals surface area contributed by atoms with E-state index < -0.39 is 52.0 Å². The van der Waals surface area contributed by atoms with Gasteiger partial charge in [-0.1, -0.05) is 39.0 Å². The molecule has 3 aliphatic rings. The minimum Gasteiger partial charge on any atom is -0.508 e. The summed E-state index contributed by atoms with van der Waals surface area (Å²) < 4.78 is 0. The Hall–Kier alpha value is -3.57. The second kappa shape index (κ2) is 9.14. The second-order valence-electron chi connectivity index (χ2n) is 10.2. The quantitative estimate of drug-likeness (QED) is 0.245. The maximum atomic E-state index is 13.6. The molecule has 6 N–H and O–H groups in total. The predicted molar refractivity (Wildman–Crippen MR) is 132 cm³/mol. The fraction of sp³-hybridized carbons (Fsp3) is 0.464. The van der Waals surface area contributed by atoms with Crippen molar-refractivity contribution in [3.8, 4) is 17.6 Å². The molecule has 1 amide bonds. The number of aliphatic hydroxyl groups excluding tert-OH is 2. The number of phenols is 1. The molecule has 1 saturated carbocycles. The van der Waals surface area contributed by atoms with Crippen LogP contribution in [-0.2, 0) is 20.8 Å². The minimum atomic E-state index is -2.57. The average molecular weight is 494 g/mol. The van der Waals surface area contributed by atoms with Gasteiger partial charge in [0.15, 0.2) is 11.4 Å². The highest BCUT2D eigenvalue weighted by atomic mass is 16.3. The number of amides is 1. The molecule has 0 radical (unpaired) electrons. The van der Waals surface area contributed by atoms with E-state index in [1.54, 1.807) is 0 Å². The first-order valence-corrected chi connectivity index (χ1v) is 12.3. The number of carbonyl (C=O) groups is 3. The monoisotopic (exact) mass is 493 g/mol. The van der Waals surface area contributed by atoms with Gasteiger partial charge in [-0.25, -0.2) is 0 Å². The van der Waals surface area contributed by atoms with Gasteiger partial charge in [-0.15, -0.1) is 0 Å². The van der Waals surface area contributed by atoms with Crippen molar-refractivity contribution in [1.82, 2.24) is 0 Å². The van der Waals surface area contributed by atoms with Crippen molar-refractivity contribution in [2.24, 2.45) is 17.6 Å². The van der Waals surface area contributed by atoms with Gasteiger partial charge in [0.25, 0.3) is 5.91 Å². The molecule has 190 valence electrons. The van der Waals surface area contributed by atoms with E-state index >= 15 is 0 Å². The van der Waals surface area contributed by atoms with Crippen LogP contribution in [0.15, 0.2) is 23.0 Å². The summed E-state index contributed by atoms with van der Waals surface area (Å²) >= 11 is 0. The number of Topliss-reactive ketones (excluding diaryl/α,β-unsaturated/α-hetero) is 2. The van der Waals surface area contributed by atoms with Crippen LogP contribution in [0, 0.1) is 23.7 Å². The number of phenolic OH excluding ortho intramolecular Hbond substituents is 1. The molecule has 0 aromatic heterocycles. The smallest absolute Gasteiger partial charge is 0.255 e. The molecule has 0 bridgehead atoms. The standard InChI is InChI=1S/C28H31NO7/c1-4-5-6-7-8-14-10-17(13(2)3)18-11-15-9-16-12-19(30)22(27(29)35)26(34)28(16,36)25(33)20(15)24(32)21(18)23(14)31/h10,13,15-16,31-32,34,36H,4-6,9,11-12H2,1-3H3,(H2,29,35)/t15-,16+,28+/m1/s1. The number of aromatic hydroxyl groups is 1. The van der Waals surface area contributed by atoms with Crippen LogP contribution >= 0.6 is 0 Å². The number of primary amides is 1. The lowest BCUT2D eigenvalue weighted by molar-refractivity contribution is -0.147. The molecular weight excluding hydrogens is 462 g/mol. The van der Waals surface area contributed by atoms with Crippen LogP contribution in [0.1, 0.15) is 81.0 Å². The molecule has 0 unspecified atom stereocenters. The van der Waals surface area contributed by atoms with Crippen LogP contribution in [0.5, 0.6) is 5.75 Å². The van der Waals surface area contributed by atoms with Gasteiger partial charge >= 0.3 is 0 Å². The third kappa shape index (κ3) is 3.70. The summed E-state index contributed by atoms with van der Waals surface area (Å²) in [6, 6.07) is 1.81. The average Bonchev–Trinajstić information content (AvgIpc) is 2.79. The minimum absolute atomic E-state index is 0.0301. The molecule has 0 aliphatic heterocycles. The molecule has 4 rings (SSSR count). The van der Waals surface area contributed by atoms with Crippen molar-refractivity contribution >= 4 is 23.2 Å². The topological polar surface area (TPSA) is 158 Å². The first kappa shape index (κ1) is 25.5.